The fourth-order valence-corrected chi connectivity index (χ4v) is 3.62. The predicted octanol–water partition coefficient (Wildman–Crippen LogP) is 4.79. The van der Waals surface area contributed by atoms with Gasteiger partial charge in [-0.05, 0) is 43.2 Å². The fourth-order valence-electron chi connectivity index (χ4n) is 3.62. The molecule has 0 aliphatic carbocycles. The molecule has 2 heterocycles. The lowest BCUT2D eigenvalue weighted by Gasteiger charge is -2.29. The van der Waals surface area contributed by atoms with Crippen LogP contribution in [0.25, 0.3) is 10.8 Å². The lowest BCUT2D eigenvalue weighted by atomic mass is 10.0. The minimum Gasteiger partial charge on any atom is -0.356 e. The van der Waals surface area contributed by atoms with E-state index in [1.807, 2.05) is 49.4 Å². The Morgan fingerprint density at radius 3 is 2.42 bits per heavy atom. The molecule has 26 heavy (non-hydrogen) atoms. The Balaban J connectivity index is 1.72. The molecule has 1 aliphatic heterocycles. The average molecular weight is 345 g/mol. The van der Waals surface area contributed by atoms with Gasteiger partial charge in [0.1, 0.15) is 5.82 Å². The molecule has 1 amide bonds. The number of hydrogen-bond donors (Lipinski definition) is 1. The second kappa shape index (κ2) is 7.16. The first-order chi connectivity index (χ1) is 12.7. The topological polar surface area (TPSA) is 45.2 Å². The number of para-hydroxylation sites is 1. The number of pyridine rings is 1. The smallest absolute Gasteiger partial charge is 0.257 e. The van der Waals surface area contributed by atoms with Gasteiger partial charge in [-0.15, -0.1) is 0 Å². The molecule has 0 unspecified atom stereocenters. The van der Waals surface area contributed by atoms with Gasteiger partial charge in [0.25, 0.3) is 5.91 Å². The maximum Gasteiger partial charge on any atom is 0.257 e. The number of anilines is 2. The third-order valence-electron chi connectivity index (χ3n) is 5.07. The van der Waals surface area contributed by atoms with Crippen LogP contribution in [0.1, 0.15) is 35.2 Å². The first-order valence-electron chi connectivity index (χ1n) is 9.24. The minimum atomic E-state index is -0.117. The molecule has 3 aromatic rings. The number of nitrogens with zero attached hydrogens (tertiary/aromatic N) is 2. The Hall–Kier alpha value is -2.88. The Morgan fingerprint density at radius 1 is 0.962 bits per heavy atom. The fraction of sp³-hybridized carbons (Fsp3) is 0.273. The van der Waals surface area contributed by atoms with E-state index in [4.69, 9.17) is 0 Å². The number of carbonyl (C=O) groups is 1. The number of hydrogen-bond acceptors (Lipinski definition) is 3. The number of aromatic nitrogens is 1. The highest BCUT2D eigenvalue weighted by atomic mass is 16.1. The van der Waals surface area contributed by atoms with Gasteiger partial charge in [-0.1, -0.05) is 42.5 Å². The van der Waals surface area contributed by atoms with E-state index >= 15 is 0 Å². The van der Waals surface area contributed by atoms with Gasteiger partial charge in [0.05, 0.1) is 5.56 Å². The van der Waals surface area contributed by atoms with E-state index < -0.39 is 0 Å². The monoisotopic (exact) mass is 345 g/mol. The van der Waals surface area contributed by atoms with Crippen LogP contribution in [0.2, 0.25) is 0 Å². The summed E-state index contributed by atoms with van der Waals surface area (Å²) in [4.78, 5) is 19.9. The number of fused-ring (bicyclic) bond motifs is 1. The average Bonchev–Trinajstić information content (AvgIpc) is 2.69. The van der Waals surface area contributed by atoms with Crippen molar-refractivity contribution in [2.24, 2.45) is 0 Å². The summed E-state index contributed by atoms with van der Waals surface area (Å²) in [5.74, 6) is 0.876. The lowest BCUT2D eigenvalue weighted by Crippen LogP contribution is -2.30. The maximum atomic E-state index is 12.9. The van der Waals surface area contributed by atoms with Crippen molar-refractivity contribution in [1.29, 1.82) is 0 Å². The third-order valence-corrected chi connectivity index (χ3v) is 5.07. The highest BCUT2D eigenvalue weighted by Gasteiger charge is 2.19. The third kappa shape index (κ3) is 3.15. The zero-order valence-electron chi connectivity index (χ0n) is 15.0. The molecule has 4 nitrogen and oxygen atoms in total. The minimum absolute atomic E-state index is 0.117. The quantitative estimate of drug-likeness (QED) is 0.742. The molecule has 1 fully saturated rings. The Morgan fingerprint density at radius 2 is 1.65 bits per heavy atom. The van der Waals surface area contributed by atoms with E-state index in [1.165, 1.54) is 19.3 Å². The molecule has 132 valence electrons. The lowest BCUT2D eigenvalue weighted by molar-refractivity contribution is 0.102. The predicted molar refractivity (Wildman–Crippen MR) is 107 cm³/mol. The zero-order chi connectivity index (χ0) is 17.9. The van der Waals surface area contributed by atoms with E-state index in [-0.39, 0.29) is 5.91 Å². The standard InChI is InChI=1S/C22H23N3O/c1-16-9-3-6-12-20(16)24-22(26)19-15-23-21(25-13-7-2-8-14-25)18-11-5-4-10-17(18)19/h3-6,9-12,15H,2,7-8,13-14H2,1H3,(H,24,26). The molecule has 0 bridgehead atoms. The van der Waals surface area contributed by atoms with E-state index in [2.05, 4.69) is 21.3 Å². The van der Waals surface area contributed by atoms with Gasteiger partial charge in [-0.2, -0.15) is 0 Å². The van der Waals surface area contributed by atoms with E-state index in [1.54, 1.807) is 6.20 Å². The Labute approximate surface area is 153 Å². The Kier molecular flexibility index (Phi) is 4.57. The summed E-state index contributed by atoms with van der Waals surface area (Å²) in [6.07, 6.45) is 5.41. The van der Waals surface area contributed by atoms with Crippen molar-refractivity contribution in [3.63, 3.8) is 0 Å². The van der Waals surface area contributed by atoms with Crippen LogP contribution in [0.3, 0.4) is 0 Å². The number of aryl methyl sites for hydroxylation is 1. The summed E-state index contributed by atoms with van der Waals surface area (Å²) >= 11 is 0. The summed E-state index contributed by atoms with van der Waals surface area (Å²) in [6.45, 7) is 4.06. The van der Waals surface area contributed by atoms with Crippen LogP contribution in [0.4, 0.5) is 11.5 Å². The maximum absolute atomic E-state index is 12.9. The number of carbonyl (C=O) groups excluding carboxylic acids is 1. The van der Waals surface area contributed by atoms with Crippen molar-refractivity contribution in [3.05, 3.63) is 65.9 Å². The van der Waals surface area contributed by atoms with Crippen molar-refractivity contribution in [3.8, 4) is 0 Å². The molecule has 1 aromatic heterocycles. The van der Waals surface area contributed by atoms with Crippen molar-refractivity contribution in [2.45, 2.75) is 26.2 Å². The van der Waals surface area contributed by atoms with Crippen LogP contribution in [-0.2, 0) is 0 Å². The summed E-state index contributed by atoms with van der Waals surface area (Å²) in [7, 11) is 0. The molecule has 0 spiro atoms. The van der Waals surface area contributed by atoms with E-state index in [0.29, 0.717) is 5.56 Å². The molecule has 0 saturated carbocycles. The van der Waals surface area contributed by atoms with Crippen molar-refractivity contribution in [1.82, 2.24) is 4.98 Å². The number of nitrogens with one attached hydrogen (secondary N) is 1. The highest BCUT2D eigenvalue weighted by Crippen LogP contribution is 2.29. The zero-order valence-corrected chi connectivity index (χ0v) is 15.0. The van der Waals surface area contributed by atoms with Crippen LogP contribution in [0.15, 0.2) is 54.7 Å². The van der Waals surface area contributed by atoms with E-state index in [9.17, 15) is 4.79 Å². The van der Waals surface area contributed by atoms with Gasteiger partial charge in [-0.25, -0.2) is 4.98 Å². The molecule has 0 radical (unpaired) electrons. The molecular formula is C22H23N3O. The molecule has 2 aromatic carbocycles. The van der Waals surface area contributed by atoms with Gasteiger partial charge >= 0.3 is 0 Å². The van der Waals surface area contributed by atoms with Crippen LogP contribution in [0, 0.1) is 6.92 Å². The Bertz CT molecular complexity index is 945. The number of piperidine rings is 1. The molecule has 4 rings (SSSR count). The van der Waals surface area contributed by atoms with Crippen LogP contribution < -0.4 is 10.2 Å². The van der Waals surface area contributed by atoms with Gasteiger partial charge in [0, 0.05) is 30.4 Å². The SMILES string of the molecule is Cc1ccccc1NC(=O)c1cnc(N2CCCCC2)c2ccccc12. The van der Waals surface area contributed by atoms with Crippen LogP contribution >= 0.6 is 0 Å². The number of rotatable bonds is 3. The normalized spacial score (nSPS) is 14.4. The summed E-state index contributed by atoms with van der Waals surface area (Å²) in [5, 5.41) is 5.03. The van der Waals surface area contributed by atoms with Gasteiger partial charge < -0.3 is 10.2 Å². The first kappa shape index (κ1) is 16.6. The molecule has 1 aliphatic rings. The number of benzene rings is 2. The molecule has 1 saturated heterocycles. The van der Waals surface area contributed by atoms with Crippen molar-refractivity contribution in [2.75, 3.05) is 23.3 Å². The first-order valence-corrected chi connectivity index (χ1v) is 9.24. The summed E-state index contributed by atoms with van der Waals surface area (Å²) in [5.41, 5.74) is 2.49. The van der Waals surface area contributed by atoms with Gasteiger partial charge in [0.2, 0.25) is 0 Å². The van der Waals surface area contributed by atoms with Crippen LogP contribution in [0.5, 0.6) is 0 Å². The van der Waals surface area contributed by atoms with Crippen LogP contribution in [-0.4, -0.2) is 24.0 Å². The highest BCUT2D eigenvalue weighted by molar-refractivity contribution is 6.14. The summed E-state index contributed by atoms with van der Waals surface area (Å²) in [6, 6.07) is 15.9. The largest absolute Gasteiger partial charge is 0.356 e. The van der Waals surface area contributed by atoms with Crippen molar-refractivity contribution < 1.29 is 4.79 Å². The molecule has 0 atom stereocenters. The van der Waals surface area contributed by atoms with E-state index in [0.717, 1.165) is 40.9 Å². The molecule has 1 N–H and O–H groups in total. The molecular weight excluding hydrogens is 322 g/mol. The van der Waals surface area contributed by atoms with Crippen molar-refractivity contribution >= 4 is 28.2 Å². The van der Waals surface area contributed by atoms with Gasteiger partial charge in [-0.3, -0.25) is 4.79 Å². The summed E-state index contributed by atoms with van der Waals surface area (Å²) < 4.78 is 0. The number of amides is 1. The molecule has 4 heteroatoms. The second-order valence-electron chi connectivity index (χ2n) is 6.86. The van der Waals surface area contributed by atoms with Gasteiger partial charge in [0.15, 0.2) is 0 Å². The second-order valence-corrected chi connectivity index (χ2v) is 6.86.